The molecule has 1 aromatic carbocycles. The van der Waals surface area contributed by atoms with Crippen LogP contribution in [-0.2, 0) is 0 Å². The van der Waals surface area contributed by atoms with Gasteiger partial charge in [0.25, 0.3) is 0 Å². The van der Waals surface area contributed by atoms with Crippen LogP contribution in [0.1, 0.15) is 38.5 Å². The van der Waals surface area contributed by atoms with Crippen molar-refractivity contribution in [2.24, 2.45) is 0 Å². The van der Waals surface area contributed by atoms with E-state index in [-0.39, 0.29) is 0 Å². The van der Waals surface area contributed by atoms with E-state index in [0.717, 1.165) is 11.4 Å². The summed E-state index contributed by atoms with van der Waals surface area (Å²) in [4.78, 5) is 0. The fraction of sp³-hybridized carbons (Fsp3) is 0.600. The Kier molecular flexibility index (Phi) is 5.20. The third kappa shape index (κ3) is 3.69. The minimum absolute atomic E-state index is 0.516. The fourth-order valence-electron chi connectivity index (χ4n) is 2.62. The molecule has 0 aliphatic heterocycles. The van der Waals surface area contributed by atoms with E-state index in [0.29, 0.717) is 16.8 Å². The molecule has 0 unspecified atom stereocenters. The Morgan fingerprint density at radius 1 is 1.00 bits per heavy atom. The highest BCUT2D eigenvalue weighted by Crippen LogP contribution is 2.37. The van der Waals surface area contributed by atoms with Crippen LogP contribution in [0.4, 0.5) is 5.69 Å². The van der Waals surface area contributed by atoms with Crippen molar-refractivity contribution in [3.8, 4) is 11.5 Å². The van der Waals surface area contributed by atoms with Gasteiger partial charge < -0.3 is 14.8 Å². The number of benzene rings is 1. The highest BCUT2D eigenvalue weighted by molar-refractivity contribution is 6.32. The summed E-state index contributed by atoms with van der Waals surface area (Å²) in [7, 11) is 3.29. The van der Waals surface area contributed by atoms with Gasteiger partial charge in [0.2, 0.25) is 0 Å². The Hall–Kier alpha value is -1.09. The average Bonchev–Trinajstić information content (AvgIpc) is 2.69. The summed E-state index contributed by atoms with van der Waals surface area (Å²) >= 11 is 6.12. The quantitative estimate of drug-likeness (QED) is 0.826. The monoisotopic (exact) mass is 283 g/mol. The first-order valence-corrected chi connectivity index (χ1v) is 7.30. The second-order valence-corrected chi connectivity index (χ2v) is 5.43. The molecule has 1 aliphatic rings. The molecule has 0 spiro atoms. The van der Waals surface area contributed by atoms with E-state index in [4.69, 9.17) is 21.1 Å². The summed E-state index contributed by atoms with van der Waals surface area (Å²) in [5.74, 6) is 1.45. The molecular weight excluding hydrogens is 262 g/mol. The van der Waals surface area contributed by atoms with Crippen LogP contribution in [0.3, 0.4) is 0 Å². The van der Waals surface area contributed by atoms with Crippen molar-refractivity contribution >= 4 is 17.3 Å². The lowest BCUT2D eigenvalue weighted by molar-refractivity contribution is 0.404. The van der Waals surface area contributed by atoms with Crippen LogP contribution in [0.2, 0.25) is 5.02 Å². The van der Waals surface area contributed by atoms with Crippen molar-refractivity contribution in [2.75, 3.05) is 19.5 Å². The number of methoxy groups -OCH3 is 2. The summed E-state index contributed by atoms with van der Waals surface area (Å²) in [6, 6.07) is 4.24. The topological polar surface area (TPSA) is 30.5 Å². The first kappa shape index (κ1) is 14.3. The zero-order valence-electron chi connectivity index (χ0n) is 11.7. The van der Waals surface area contributed by atoms with Gasteiger partial charge in [0, 0.05) is 18.2 Å². The molecular formula is C15H22ClNO2. The standard InChI is InChI=1S/C15H22ClNO2/c1-18-14-10-13(15(19-2)9-12(14)16)17-11-7-5-3-4-6-8-11/h9-11,17H,3-8H2,1-2H3. The maximum atomic E-state index is 6.12. The van der Waals surface area contributed by atoms with E-state index < -0.39 is 0 Å². The molecule has 1 saturated carbocycles. The van der Waals surface area contributed by atoms with Gasteiger partial charge >= 0.3 is 0 Å². The van der Waals surface area contributed by atoms with Gasteiger partial charge in [0.15, 0.2) is 0 Å². The van der Waals surface area contributed by atoms with Gasteiger partial charge in [0.1, 0.15) is 11.5 Å². The molecule has 0 heterocycles. The van der Waals surface area contributed by atoms with Crippen molar-refractivity contribution in [1.82, 2.24) is 0 Å². The lowest BCUT2D eigenvalue weighted by Gasteiger charge is -2.20. The van der Waals surface area contributed by atoms with E-state index in [1.54, 1.807) is 20.3 Å². The number of anilines is 1. The lowest BCUT2D eigenvalue weighted by Crippen LogP contribution is -2.18. The molecule has 106 valence electrons. The van der Waals surface area contributed by atoms with Crippen LogP contribution in [-0.4, -0.2) is 20.3 Å². The molecule has 4 heteroatoms. The molecule has 1 aliphatic carbocycles. The van der Waals surface area contributed by atoms with Crippen LogP contribution in [0.25, 0.3) is 0 Å². The molecule has 3 nitrogen and oxygen atoms in total. The zero-order chi connectivity index (χ0) is 13.7. The fourth-order valence-corrected chi connectivity index (χ4v) is 2.85. The predicted molar refractivity (Wildman–Crippen MR) is 79.7 cm³/mol. The molecule has 0 atom stereocenters. The molecule has 1 N–H and O–H groups in total. The Labute approximate surface area is 120 Å². The van der Waals surface area contributed by atoms with E-state index in [1.807, 2.05) is 6.07 Å². The maximum absolute atomic E-state index is 6.12. The molecule has 19 heavy (non-hydrogen) atoms. The molecule has 1 fully saturated rings. The molecule has 0 amide bonds. The number of nitrogens with one attached hydrogen (secondary N) is 1. The van der Waals surface area contributed by atoms with Crippen molar-refractivity contribution < 1.29 is 9.47 Å². The summed E-state index contributed by atoms with van der Waals surface area (Å²) in [6.45, 7) is 0. The van der Waals surface area contributed by atoms with Gasteiger partial charge in [-0.1, -0.05) is 37.3 Å². The smallest absolute Gasteiger partial charge is 0.143 e. The first-order valence-electron chi connectivity index (χ1n) is 6.92. The largest absolute Gasteiger partial charge is 0.495 e. The molecule has 0 radical (unpaired) electrons. The summed E-state index contributed by atoms with van der Waals surface area (Å²) in [6.07, 6.45) is 7.72. The average molecular weight is 284 g/mol. The van der Waals surface area contributed by atoms with Crippen molar-refractivity contribution in [1.29, 1.82) is 0 Å². The van der Waals surface area contributed by atoms with E-state index >= 15 is 0 Å². The van der Waals surface area contributed by atoms with Crippen LogP contribution >= 0.6 is 11.6 Å². The molecule has 0 aromatic heterocycles. The third-order valence-corrected chi connectivity index (χ3v) is 3.98. The number of halogens is 1. The SMILES string of the molecule is COc1cc(NC2CCCCCC2)c(OC)cc1Cl. The summed E-state index contributed by atoms with van der Waals surface area (Å²) in [5.41, 5.74) is 0.968. The van der Waals surface area contributed by atoms with Crippen molar-refractivity contribution in [2.45, 2.75) is 44.6 Å². The Morgan fingerprint density at radius 2 is 1.63 bits per heavy atom. The molecule has 0 saturated heterocycles. The summed E-state index contributed by atoms with van der Waals surface area (Å²) in [5, 5.41) is 4.15. The minimum atomic E-state index is 0.516. The van der Waals surface area contributed by atoms with Crippen molar-refractivity contribution in [3.05, 3.63) is 17.2 Å². The Morgan fingerprint density at radius 3 is 2.21 bits per heavy atom. The second kappa shape index (κ2) is 6.90. The third-order valence-electron chi connectivity index (χ3n) is 3.69. The highest BCUT2D eigenvalue weighted by atomic mass is 35.5. The van der Waals surface area contributed by atoms with Gasteiger partial charge in [-0.25, -0.2) is 0 Å². The van der Waals surface area contributed by atoms with Gasteiger partial charge in [-0.2, -0.15) is 0 Å². The maximum Gasteiger partial charge on any atom is 0.143 e. The number of hydrogen-bond donors (Lipinski definition) is 1. The highest BCUT2D eigenvalue weighted by Gasteiger charge is 2.16. The van der Waals surface area contributed by atoms with Gasteiger partial charge in [0.05, 0.1) is 24.9 Å². The van der Waals surface area contributed by atoms with Gasteiger partial charge in [-0.05, 0) is 12.8 Å². The molecule has 2 rings (SSSR count). The number of rotatable bonds is 4. The van der Waals surface area contributed by atoms with Gasteiger partial charge in [-0.3, -0.25) is 0 Å². The number of ether oxygens (including phenoxy) is 2. The normalized spacial score (nSPS) is 16.8. The van der Waals surface area contributed by atoms with Crippen LogP contribution in [0.5, 0.6) is 11.5 Å². The van der Waals surface area contributed by atoms with Gasteiger partial charge in [-0.15, -0.1) is 0 Å². The predicted octanol–water partition coefficient (Wildman–Crippen LogP) is 4.49. The number of hydrogen-bond acceptors (Lipinski definition) is 3. The summed E-state index contributed by atoms with van der Waals surface area (Å²) < 4.78 is 10.7. The lowest BCUT2D eigenvalue weighted by atomic mass is 10.1. The van der Waals surface area contributed by atoms with Crippen LogP contribution in [0.15, 0.2) is 12.1 Å². The van der Waals surface area contributed by atoms with E-state index in [2.05, 4.69) is 5.32 Å². The first-order chi connectivity index (χ1) is 9.24. The second-order valence-electron chi connectivity index (χ2n) is 5.02. The van der Waals surface area contributed by atoms with Crippen LogP contribution in [0, 0.1) is 0 Å². The minimum Gasteiger partial charge on any atom is -0.495 e. The molecule has 0 bridgehead atoms. The Bertz CT molecular complexity index is 415. The van der Waals surface area contributed by atoms with Crippen molar-refractivity contribution in [3.63, 3.8) is 0 Å². The Balaban J connectivity index is 2.17. The zero-order valence-corrected chi connectivity index (χ0v) is 12.4. The van der Waals surface area contributed by atoms with Crippen LogP contribution < -0.4 is 14.8 Å². The van der Waals surface area contributed by atoms with E-state index in [9.17, 15) is 0 Å². The van der Waals surface area contributed by atoms with E-state index in [1.165, 1.54) is 38.5 Å². The molecule has 1 aromatic rings.